The van der Waals surface area contributed by atoms with Crippen molar-refractivity contribution in [3.8, 4) is 0 Å². The third-order valence-electron chi connectivity index (χ3n) is 2.82. The second-order valence-electron chi connectivity index (χ2n) is 5.97. The molecule has 0 aliphatic carbocycles. The third kappa shape index (κ3) is 5.90. The molecule has 0 heterocycles. The first-order valence-corrected chi connectivity index (χ1v) is 7.05. The van der Waals surface area contributed by atoms with Crippen molar-refractivity contribution in [2.75, 3.05) is 6.54 Å². The van der Waals surface area contributed by atoms with Crippen molar-refractivity contribution in [2.24, 2.45) is 0 Å². The first-order valence-electron chi connectivity index (χ1n) is 7.05. The summed E-state index contributed by atoms with van der Waals surface area (Å²) in [7, 11) is 0. The Bertz CT molecular complexity index is 645. The molecule has 0 bridgehead atoms. The molecule has 0 atom stereocenters. The number of rotatable bonds is 6. The molecule has 1 rings (SSSR count). The Morgan fingerprint density at radius 2 is 2.09 bits per heavy atom. The van der Waals surface area contributed by atoms with Gasteiger partial charge in [0.15, 0.2) is 0 Å². The summed E-state index contributed by atoms with van der Waals surface area (Å²) in [5, 5.41) is 21.2. The van der Waals surface area contributed by atoms with E-state index in [0.717, 1.165) is 6.21 Å². The summed E-state index contributed by atoms with van der Waals surface area (Å²) >= 11 is 0. The second-order valence-corrected chi connectivity index (χ2v) is 5.97. The molecular formula is C16H21N3O4. The molecule has 7 heteroatoms. The normalized spacial score (nSPS) is 11.7. The largest absolute Gasteiger partial charge is 0.459 e. The highest BCUT2D eigenvalue weighted by Gasteiger charge is 2.16. The van der Waals surface area contributed by atoms with Crippen LogP contribution < -0.4 is 5.32 Å². The zero-order valence-corrected chi connectivity index (χ0v) is 13.7. The molecule has 0 fully saturated rings. The summed E-state index contributed by atoms with van der Waals surface area (Å²) in [5.74, 6) is -0.423. The van der Waals surface area contributed by atoms with Crippen LogP contribution in [0.5, 0.6) is 0 Å². The van der Waals surface area contributed by atoms with E-state index in [0.29, 0.717) is 16.7 Å². The van der Waals surface area contributed by atoms with Crippen LogP contribution in [0.3, 0.4) is 0 Å². The standard InChI is InChI=1S/C16H21N3O4/c1-11-5-6-12(7-14(11)19(21)22)13(8-17)9-18-10-15(20)23-16(2,3)4/h5-9,17-18H,10H2,1-4H3/b13-9+,17-8?. The van der Waals surface area contributed by atoms with Crippen LogP contribution >= 0.6 is 0 Å². The van der Waals surface area contributed by atoms with Crippen LogP contribution in [-0.2, 0) is 9.53 Å². The number of nitro groups is 1. The van der Waals surface area contributed by atoms with Crippen LogP contribution in [-0.4, -0.2) is 29.3 Å². The van der Waals surface area contributed by atoms with E-state index in [1.807, 2.05) is 0 Å². The Labute approximate surface area is 135 Å². The molecule has 0 aliphatic heterocycles. The summed E-state index contributed by atoms with van der Waals surface area (Å²) in [6.45, 7) is 6.92. The number of nitrogens with zero attached hydrogens (tertiary/aromatic N) is 1. The molecule has 0 unspecified atom stereocenters. The highest BCUT2D eigenvalue weighted by molar-refractivity contribution is 6.08. The maximum Gasteiger partial charge on any atom is 0.325 e. The predicted molar refractivity (Wildman–Crippen MR) is 88.4 cm³/mol. The van der Waals surface area contributed by atoms with E-state index in [4.69, 9.17) is 10.1 Å². The highest BCUT2D eigenvalue weighted by atomic mass is 16.6. The maximum atomic E-state index is 11.6. The molecule has 0 aliphatic rings. The van der Waals surface area contributed by atoms with Crippen LogP contribution in [0.1, 0.15) is 31.9 Å². The predicted octanol–water partition coefficient (Wildman–Crippen LogP) is 2.82. The Balaban J connectivity index is 2.84. The number of esters is 1. The molecule has 0 amide bonds. The number of nitro benzene ring substituents is 1. The van der Waals surface area contributed by atoms with Gasteiger partial charge in [-0.05, 0) is 33.3 Å². The average molecular weight is 319 g/mol. The molecule has 0 spiro atoms. The lowest BCUT2D eigenvalue weighted by Crippen LogP contribution is -2.29. The van der Waals surface area contributed by atoms with Gasteiger partial charge < -0.3 is 15.5 Å². The minimum absolute atomic E-state index is 0.0117. The molecule has 23 heavy (non-hydrogen) atoms. The van der Waals surface area contributed by atoms with Crippen molar-refractivity contribution >= 4 is 23.4 Å². The number of carbonyl (C=O) groups excluding carboxylic acids is 1. The average Bonchev–Trinajstić information content (AvgIpc) is 2.42. The van der Waals surface area contributed by atoms with Gasteiger partial charge in [0, 0.05) is 29.6 Å². The lowest BCUT2D eigenvalue weighted by atomic mass is 10.0. The number of allylic oxidation sites excluding steroid dienone is 1. The van der Waals surface area contributed by atoms with E-state index in [1.165, 1.54) is 12.3 Å². The Hall–Kier alpha value is -2.70. The summed E-state index contributed by atoms with van der Waals surface area (Å²) in [6.07, 6.45) is 2.53. The molecule has 0 saturated heterocycles. The van der Waals surface area contributed by atoms with Gasteiger partial charge in [0.1, 0.15) is 12.1 Å². The Morgan fingerprint density at radius 3 is 2.61 bits per heavy atom. The number of aryl methyl sites for hydroxylation is 1. The number of benzene rings is 1. The number of ether oxygens (including phenoxy) is 1. The maximum absolute atomic E-state index is 11.6. The van der Waals surface area contributed by atoms with E-state index < -0.39 is 16.5 Å². The molecule has 1 aromatic carbocycles. The van der Waals surface area contributed by atoms with Gasteiger partial charge in [0.2, 0.25) is 0 Å². The smallest absolute Gasteiger partial charge is 0.325 e. The van der Waals surface area contributed by atoms with Gasteiger partial charge in [-0.25, -0.2) is 0 Å². The molecule has 2 N–H and O–H groups in total. The minimum atomic E-state index is -0.565. The Morgan fingerprint density at radius 1 is 1.43 bits per heavy atom. The fraction of sp³-hybridized carbons (Fsp3) is 0.375. The third-order valence-corrected chi connectivity index (χ3v) is 2.82. The number of hydrogen-bond donors (Lipinski definition) is 2. The molecule has 0 radical (unpaired) electrons. The molecule has 0 aromatic heterocycles. The van der Waals surface area contributed by atoms with E-state index in [9.17, 15) is 14.9 Å². The molecular weight excluding hydrogens is 298 g/mol. The molecule has 1 aromatic rings. The number of hydrogen-bond acceptors (Lipinski definition) is 6. The Kier molecular flexibility index (Phi) is 6.01. The number of nitrogens with one attached hydrogen (secondary N) is 2. The summed E-state index contributed by atoms with van der Waals surface area (Å²) in [4.78, 5) is 22.1. The quantitative estimate of drug-likeness (QED) is 0.363. The molecule has 124 valence electrons. The zero-order valence-electron chi connectivity index (χ0n) is 13.7. The van der Waals surface area contributed by atoms with E-state index in [-0.39, 0.29) is 12.2 Å². The van der Waals surface area contributed by atoms with Crippen LogP contribution in [0, 0.1) is 22.4 Å². The lowest BCUT2D eigenvalue weighted by molar-refractivity contribution is -0.385. The van der Waals surface area contributed by atoms with Gasteiger partial charge in [-0.1, -0.05) is 12.1 Å². The van der Waals surface area contributed by atoms with E-state index in [2.05, 4.69) is 5.32 Å². The van der Waals surface area contributed by atoms with Gasteiger partial charge in [-0.15, -0.1) is 0 Å². The summed E-state index contributed by atoms with van der Waals surface area (Å²) in [5.41, 5.74) is 0.919. The molecule has 0 saturated carbocycles. The molecule has 7 nitrogen and oxygen atoms in total. The highest BCUT2D eigenvalue weighted by Crippen LogP contribution is 2.22. The number of carbonyl (C=O) groups is 1. The second kappa shape index (κ2) is 7.53. The fourth-order valence-corrected chi connectivity index (χ4v) is 1.82. The van der Waals surface area contributed by atoms with E-state index >= 15 is 0 Å². The van der Waals surface area contributed by atoms with Crippen LogP contribution in [0.15, 0.2) is 24.4 Å². The van der Waals surface area contributed by atoms with Crippen molar-refractivity contribution < 1.29 is 14.5 Å². The van der Waals surface area contributed by atoms with Gasteiger partial charge in [0.25, 0.3) is 5.69 Å². The van der Waals surface area contributed by atoms with E-state index in [1.54, 1.807) is 39.8 Å². The fourth-order valence-electron chi connectivity index (χ4n) is 1.82. The topological polar surface area (TPSA) is 105 Å². The monoisotopic (exact) mass is 319 g/mol. The van der Waals surface area contributed by atoms with Crippen molar-refractivity contribution in [3.05, 3.63) is 45.6 Å². The lowest BCUT2D eigenvalue weighted by Gasteiger charge is -2.19. The van der Waals surface area contributed by atoms with Crippen LogP contribution in [0.25, 0.3) is 5.57 Å². The van der Waals surface area contributed by atoms with Crippen molar-refractivity contribution in [2.45, 2.75) is 33.3 Å². The first-order chi connectivity index (χ1) is 10.6. The van der Waals surface area contributed by atoms with Crippen molar-refractivity contribution in [1.82, 2.24) is 5.32 Å². The van der Waals surface area contributed by atoms with Crippen molar-refractivity contribution in [1.29, 1.82) is 5.41 Å². The van der Waals surface area contributed by atoms with Gasteiger partial charge in [0.05, 0.1) is 4.92 Å². The first kappa shape index (κ1) is 18.3. The zero-order chi connectivity index (χ0) is 17.6. The van der Waals surface area contributed by atoms with Gasteiger partial charge in [-0.2, -0.15) is 0 Å². The summed E-state index contributed by atoms with van der Waals surface area (Å²) < 4.78 is 5.15. The minimum Gasteiger partial charge on any atom is -0.459 e. The van der Waals surface area contributed by atoms with Gasteiger partial charge in [-0.3, -0.25) is 14.9 Å². The summed E-state index contributed by atoms with van der Waals surface area (Å²) in [6, 6.07) is 4.72. The SMILES string of the molecule is Cc1ccc(/C(C=N)=C/NCC(=O)OC(C)(C)C)cc1[N+](=O)[O-]. The van der Waals surface area contributed by atoms with Gasteiger partial charge >= 0.3 is 5.97 Å². The van der Waals surface area contributed by atoms with Crippen LogP contribution in [0.4, 0.5) is 5.69 Å². The van der Waals surface area contributed by atoms with Crippen LogP contribution in [0.2, 0.25) is 0 Å². The van der Waals surface area contributed by atoms with Crippen molar-refractivity contribution in [3.63, 3.8) is 0 Å².